The van der Waals surface area contributed by atoms with Crippen molar-refractivity contribution in [3.8, 4) is 11.4 Å². The van der Waals surface area contributed by atoms with Crippen LogP contribution in [0.25, 0.3) is 11.4 Å². The molecule has 0 unspecified atom stereocenters. The lowest BCUT2D eigenvalue weighted by atomic mass is 10.1. The number of hydrogen-bond acceptors (Lipinski definition) is 12. The van der Waals surface area contributed by atoms with Crippen LogP contribution in [-0.2, 0) is 24.3 Å². The van der Waals surface area contributed by atoms with Crippen molar-refractivity contribution >= 4 is 48.0 Å². The van der Waals surface area contributed by atoms with Gasteiger partial charge < -0.3 is 8.83 Å². The highest BCUT2D eigenvalue weighted by molar-refractivity contribution is 7.98. The van der Waals surface area contributed by atoms with Gasteiger partial charge >= 0.3 is 0 Å². The van der Waals surface area contributed by atoms with Crippen LogP contribution < -0.4 is 0 Å². The Balaban J connectivity index is 1.15. The average molecular weight is 637 g/mol. The normalized spacial score (nSPS) is 11.3. The first-order valence-corrected chi connectivity index (χ1v) is 15.8. The molecule has 0 saturated heterocycles. The predicted octanol–water partition coefficient (Wildman–Crippen LogP) is 6.09. The molecule has 0 bridgehead atoms. The van der Waals surface area contributed by atoms with E-state index in [2.05, 4.69) is 49.9 Å². The summed E-state index contributed by atoms with van der Waals surface area (Å²) in [6.07, 6.45) is 3.27. The summed E-state index contributed by atoms with van der Waals surface area (Å²) in [6.45, 7) is 0. The molecule has 16 heteroatoms. The van der Waals surface area contributed by atoms with Crippen molar-refractivity contribution < 1.29 is 8.83 Å². The van der Waals surface area contributed by atoms with E-state index < -0.39 is 0 Å². The standard InChI is InChI=1S/C26H24N10O2S4/c39-25-33-29-21(37-25)15-41-23-31-27-19(35(23)17-9-3-1-4-10-17)13-7-8-14-20-28-32-24(36(20)18-11-5-2-6-12-18)42-16-22-30-34-26(40)38-22/h1-6,9-12H,7-8,13-16H2,(H,33,39)(H,34,40). The molecule has 0 radical (unpaired) electrons. The zero-order valence-corrected chi connectivity index (χ0v) is 25.3. The second-order valence-corrected chi connectivity index (χ2v) is 11.6. The van der Waals surface area contributed by atoms with Gasteiger partial charge in [-0.05, 0) is 61.5 Å². The molecule has 2 aromatic carbocycles. The Morgan fingerprint density at radius 3 is 1.43 bits per heavy atom. The highest BCUT2D eigenvalue weighted by atomic mass is 32.2. The number of aromatic amines is 2. The van der Waals surface area contributed by atoms with Crippen LogP contribution in [0.4, 0.5) is 0 Å². The Kier molecular flexibility index (Phi) is 9.03. The molecule has 0 saturated carbocycles. The van der Waals surface area contributed by atoms with Gasteiger partial charge in [0, 0.05) is 24.2 Å². The maximum absolute atomic E-state index is 5.40. The van der Waals surface area contributed by atoms with Gasteiger partial charge in [-0.2, -0.15) is 0 Å². The molecule has 0 aliphatic rings. The summed E-state index contributed by atoms with van der Waals surface area (Å²) in [6, 6.07) is 20.2. The van der Waals surface area contributed by atoms with Gasteiger partial charge in [-0.3, -0.25) is 9.13 Å². The number of nitrogens with zero attached hydrogens (tertiary/aromatic N) is 8. The average Bonchev–Trinajstić information content (AvgIpc) is 3.81. The van der Waals surface area contributed by atoms with Gasteiger partial charge in [0.1, 0.15) is 11.6 Å². The van der Waals surface area contributed by atoms with Crippen molar-refractivity contribution in [2.75, 3.05) is 0 Å². The van der Waals surface area contributed by atoms with Crippen molar-refractivity contribution in [1.29, 1.82) is 0 Å². The number of aryl methyl sites for hydroxylation is 2. The van der Waals surface area contributed by atoms with Gasteiger partial charge in [-0.25, -0.2) is 10.2 Å². The number of aromatic nitrogens is 10. The molecular formula is C26H24N10O2S4. The summed E-state index contributed by atoms with van der Waals surface area (Å²) in [7, 11) is 0. The molecular weight excluding hydrogens is 613 g/mol. The minimum atomic E-state index is 0.254. The van der Waals surface area contributed by atoms with Crippen LogP contribution in [-0.4, -0.2) is 49.9 Å². The zero-order chi connectivity index (χ0) is 28.7. The molecule has 6 rings (SSSR count). The van der Waals surface area contributed by atoms with Crippen LogP contribution in [0.1, 0.15) is 36.3 Å². The fourth-order valence-corrected chi connectivity index (χ4v) is 6.16. The van der Waals surface area contributed by atoms with Crippen LogP contribution in [0.2, 0.25) is 0 Å². The minimum Gasteiger partial charge on any atom is -0.413 e. The molecule has 0 fully saturated rings. The Morgan fingerprint density at radius 1 is 0.619 bits per heavy atom. The Hall–Kier alpha value is -3.86. The van der Waals surface area contributed by atoms with Gasteiger partial charge in [0.15, 0.2) is 10.3 Å². The van der Waals surface area contributed by atoms with Crippen LogP contribution in [0.15, 0.2) is 79.8 Å². The van der Waals surface area contributed by atoms with E-state index in [1.807, 2.05) is 60.7 Å². The zero-order valence-electron chi connectivity index (χ0n) is 22.0. The maximum Gasteiger partial charge on any atom is 0.284 e. The van der Waals surface area contributed by atoms with Gasteiger partial charge in [-0.15, -0.1) is 30.6 Å². The molecule has 0 spiro atoms. The van der Waals surface area contributed by atoms with Crippen LogP contribution in [0, 0.1) is 9.67 Å². The highest BCUT2D eigenvalue weighted by Gasteiger charge is 2.18. The van der Waals surface area contributed by atoms with Crippen molar-refractivity contribution in [3.05, 3.63) is 93.8 Å². The summed E-state index contributed by atoms with van der Waals surface area (Å²) in [5.74, 6) is 3.76. The topological polar surface area (TPSA) is 145 Å². The molecule has 214 valence electrons. The van der Waals surface area contributed by atoms with Crippen LogP contribution in [0.5, 0.6) is 0 Å². The number of H-pyrrole nitrogens is 2. The number of hydrogen-bond donors (Lipinski definition) is 2. The van der Waals surface area contributed by atoms with Crippen molar-refractivity contribution in [3.63, 3.8) is 0 Å². The largest absolute Gasteiger partial charge is 0.413 e. The number of rotatable bonds is 13. The van der Waals surface area contributed by atoms with E-state index >= 15 is 0 Å². The third kappa shape index (κ3) is 6.78. The molecule has 4 heterocycles. The van der Waals surface area contributed by atoms with Crippen LogP contribution in [0.3, 0.4) is 0 Å². The maximum atomic E-state index is 5.40. The lowest BCUT2D eigenvalue weighted by Crippen LogP contribution is -2.05. The van der Waals surface area contributed by atoms with E-state index in [0.717, 1.165) is 59.0 Å². The molecule has 42 heavy (non-hydrogen) atoms. The second-order valence-electron chi connectivity index (χ2n) is 8.94. The first-order chi connectivity index (χ1) is 20.6. The summed E-state index contributed by atoms with van der Waals surface area (Å²) >= 11 is 13.0. The number of unbranched alkanes of at least 4 members (excludes halogenated alkanes) is 1. The van der Waals surface area contributed by atoms with Gasteiger partial charge in [0.2, 0.25) is 11.8 Å². The molecule has 0 aliphatic heterocycles. The molecule has 2 N–H and O–H groups in total. The summed E-state index contributed by atoms with van der Waals surface area (Å²) in [5, 5.41) is 33.0. The third-order valence-corrected chi connectivity index (χ3v) is 8.27. The molecule has 4 aromatic heterocycles. The second kappa shape index (κ2) is 13.4. The Morgan fingerprint density at radius 2 is 1.05 bits per heavy atom. The lowest BCUT2D eigenvalue weighted by Gasteiger charge is -2.11. The molecule has 12 nitrogen and oxygen atoms in total. The molecule has 0 aliphatic carbocycles. The summed E-state index contributed by atoms with van der Waals surface area (Å²) in [5.41, 5.74) is 2.00. The number of para-hydroxylation sites is 2. The summed E-state index contributed by atoms with van der Waals surface area (Å²) < 4.78 is 15.0. The van der Waals surface area contributed by atoms with E-state index in [9.17, 15) is 0 Å². The van der Waals surface area contributed by atoms with Gasteiger partial charge in [-0.1, -0.05) is 59.9 Å². The number of benzene rings is 2. The Bertz CT molecular complexity index is 1720. The molecule has 0 atom stereocenters. The van der Waals surface area contributed by atoms with Crippen molar-refractivity contribution in [2.24, 2.45) is 0 Å². The number of thioether (sulfide) groups is 2. The van der Waals surface area contributed by atoms with E-state index in [1.54, 1.807) is 0 Å². The van der Waals surface area contributed by atoms with Crippen molar-refractivity contribution in [2.45, 2.75) is 47.5 Å². The third-order valence-electron chi connectivity index (χ3n) is 6.09. The van der Waals surface area contributed by atoms with E-state index in [4.69, 9.17) is 33.3 Å². The lowest BCUT2D eigenvalue weighted by molar-refractivity contribution is 0.500. The fraction of sp³-hybridized carbons (Fsp3) is 0.231. The quantitative estimate of drug-likeness (QED) is 0.0859. The predicted molar refractivity (Wildman–Crippen MR) is 162 cm³/mol. The van der Waals surface area contributed by atoms with E-state index in [0.29, 0.717) is 23.3 Å². The first kappa shape index (κ1) is 28.3. The molecule has 0 amide bonds. The Labute approximate surface area is 258 Å². The van der Waals surface area contributed by atoms with Gasteiger partial charge in [0.05, 0.1) is 11.5 Å². The monoisotopic (exact) mass is 636 g/mol. The fourth-order valence-electron chi connectivity index (χ4n) is 4.25. The minimum absolute atomic E-state index is 0.254. The van der Waals surface area contributed by atoms with Crippen LogP contribution >= 0.6 is 48.0 Å². The molecule has 6 aromatic rings. The SMILES string of the molecule is S=c1[nH]nc(CSc2nnc(CCCCc3nnc(SCc4n[nH]c(=S)o4)n3-c3ccccc3)n2-c2ccccc2)o1. The van der Waals surface area contributed by atoms with Crippen molar-refractivity contribution in [1.82, 2.24) is 49.9 Å². The smallest absolute Gasteiger partial charge is 0.284 e. The highest BCUT2D eigenvalue weighted by Crippen LogP contribution is 2.27. The summed E-state index contributed by atoms with van der Waals surface area (Å²) in [4.78, 5) is 0.507. The number of nitrogens with one attached hydrogen (secondary N) is 2. The van der Waals surface area contributed by atoms with Gasteiger partial charge in [0.25, 0.3) is 9.67 Å². The van der Waals surface area contributed by atoms with E-state index in [-0.39, 0.29) is 9.67 Å². The van der Waals surface area contributed by atoms with E-state index in [1.165, 1.54) is 23.5 Å². The first-order valence-electron chi connectivity index (χ1n) is 13.0.